The molecule has 5 aromatic rings. The first kappa shape index (κ1) is 19.6. The fourth-order valence-corrected chi connectivity index (χ4v) is 4.58. The van der Waals surface area contributed by atoms with E-state index in [0.717, 1.165) is 26.7 Å². The quantitative estimate of drug-likeness (QED) is 0.365. The highest BCUT2D eigenvalue weighted by Crippen LogP contribution is 2.36. The van der Waals surface area contributed by atoms with Gasteiger partial charge in [0.1, 0.15) is 12.1 Å². The van der Waals surface area contributed by atoms with Gasteiger partial charge >= 0.3 is 0 Å². The van der Waals surface area contributed by atoms with Crippen molar-refractivity contribution in [2.45, 2.75) is 33.1 Å². The van der Waals surface area contributed by atoms with Gasteiger partial charge in [-0.05, 0) is 41.2 Å². The molecule has 3 aromatic heterocycles. The Morgan fingerprint density at radius 1 is 1.03 bits per heavy atom. The van der Waals surface area contributed by atoms with Crippen LogP contribution >= 0.6 is 11.3 Å². The summed E-state index contributed by atoms with van der Waals surface area (Å²) in [5.74, 6) is 1.40. The van der Waals surface area contributed by atoms with E-state index in [0.29, 0.717) is 5.78 Å². The van der Waals surface area contributed by atoms with Crippen LogP contribution in [0.3, 0.4) is 0 Å². The molecule has 0 saturated carbocycles. The summed E-state index contributed by atoms with van der Waals surface area (Å²) in [7, 11) is 2.00. The van der Waals surface area contributed by atoms with E-state index in [2.05, 4.69) is 80.4 Å². The van der Waals surface area contributed by atoms with Crippen LogP contribution in [0, 0.1) is 6.92 Å². The number of benzene rings is 2. The van der Waals surface area contributed by atoms with Crippen molar-refractivity contribution in [1.82, 2.24) is 24.6 Å². The summed E-state index contributed by atoms with van der Waals surface area (Å²) >= 11 is 1.65. The zero-order valence-electron chi connectivity index (χ0n) is 18.3. The minimum atomic E-state index is 0.142. The highest BCUT2D eigenvalue weighted by atomic mass is 32.1. The maximum Gasteiger partial charge on any atom is 0.257 e. The van der Waals surface area contributed by atoms with Crippen molar-refractivity contribution >= 4 is 39.0 Å². The largest absolute Gasteiger partial charge is 0.305 e. The van der Waals surface area contributed by atoms with E-state index < -0.39 is 0 Å². The molecule has 0 saturated heterocycles. The molecule has 0 fully saturated rings. The third kappa shape index (κ3) is 3.45. The number of fused-ring (bicyclic) bond motifs is 3. The van der Waals surface area contributed by atoms with Crippen LogP contribution in [0.2, 0.25) is 0 Å². The van der Waals surface area contributed by atoms with E-state index in [1.165, 1.54) is 16.7 Å². The molecule has 0 amide bonds. The van der Waals surface area contributed by atoms with Crippen LogP contribution in [-0.4, -0.2) is 31.6 Å². The molecular weight excluding hydrogens is 404 g/mol. The van der Waals surface area contributed by atoms with Gasteiger partial charge in [0.25, 0.3) is 5.78 Å². The van der Waals surface area contributed by atoms with Gasteiger partial charge in [-0.15, -0.1) is 10.2 Å². The molecule has 2 aromatic carbocycles. The topological polar surface area (TPSA) is 59.2 Å². The van der Waals surface area contributed by atoms with Crippen LogP contribution in [-0.2, 0) is 5.41 Å². The fourth-order valence-electron chi connectivity index (χ4n) is 3.69. The minimum Gasteiger partial charge on any atom is -0.305 e. The van der Waals surface area contributed by atoms with Crippen molar-refractivity contribution < 1.29 is 0 Å². The second kappa shape index (κ2) is 7.13. The van der Waals surface area contributed by atoms with E-state index in [-0.39, 0.29) is 5.41 Å². The number of aryl methyl sites for hydroxylation is 1. The molecule has 0 atom stereocenters. The Balaban J connectivity index is 1.55. The zero-order chi connectivity index (χ0) is 21.8. The second-order valence-corrected chi connectivity index (χ2v) is 9.86. The Labute approximate surface area is 185 Å². The third-order valence-electron chi connectivity index (χ3n) is 5.52. The molecule has 3 heterocycles. The van der Waals surface area contributed by atoms with Crippen molar-refractivity contribution in [3.05, 3.63) is 66.1 Å². The zero-order valence-corrected chi connectivity index (χ0v) is 19.1. The average Bonchev–Trinajstić information content (AvgIpc) is 3.42. The molecule has 0 spiro atoms. The Bertz CT molecular complexity index is 1390. The Hall–Kier alpha value is -3.32. The molecule has 156 valence electrons. The van der Waals surface area contributed by atoms with Crippen molar-refractivity contribution in [2.75, 3.05) is 11.9 Å². The van der Waals surface area contributed by atoms with Gasteiger partial charge in [-0.1, -0.05) is 62.4 Å². The smallest absolute Gasteiger partial charge is 0.257 e. The fraction of sp³-hybridized carbons (Fsp3) is 0.250. The molecule has 5 rings (SSSR count). The normalized spacial score (nSPS) is 12.0. The van der Waals surface area contributed by atoms with E-state index in [1.54, 1.807) is 17.7 Å². The summed E-state index contributed by atoms with van der Waals surface area (Å²) in [5.41, 5.74) is 4.85. The standard InChI is InChI=1S/C24H24N6S/c1-15-6-11-18-19(12-15)30-14-26-28-22(30)27-21(18)29(5)23-25-13-20(31-23)16-7-9-17(10-8-16)24(2,3)4/h6-14H,1-5H3. The molecule has 0 radical (unpaired) electrons. The van der Waals surface area contributed by atoms with Crippen LogP contribution in [0.15, 0.2) is 55.0 Å². The first-order chi connectivity index (χ1) is 14.8. The molecule has 0 aliphatic carbocycles. The lowest BCUT2D eigenvalue weighted by atomic mass is 9.87. The van der Waals surface area contributed by atoms with Crippen molar-refractivity contribution in [3.8, 4) is 10.4 Å². The van der Waals surface area contributed by atoms with Crippen molar-refractivity contribution in [2.24, 2.45) is 0 Å². The highest BCUT2D eigenvalue weighted by Gasteiger charge is 2.18. The van der Waals surface area contributed by atoms with E-state index in [4.69, 9.17) is 9.97 Å². The lowest BCUT2D eigenvalue weighted by Crippen LogP contribution is -2.12. The molecule has 0 unspecified atom stereocenters. The molecule has 6 nitrogen and oxygen atoms in total. The van der Waals surface area contributed by atoms with Gasteiger partial charge in [-0.25, -0.2) is 4.98 Å². The van der Waals surface area contributed by atoms with Crippen molar-refractivity contribution in [3.63, 3.8) is 0 Å². The van der Waals surface area contributed by atoms with E-state index in [1.807, 2.05) is 22.5 Å². The van der Waals surface area contributed by atoms with Crippen LogP contribution in [0.4, 0.5) is 10.9 Å². The number of hydrogen-bond donors (Lipinski definition) is 0. The predicted octanol–water partition coefficient (Wildman–Crippen LogP) is 5.77. The summed E-state index contributed by atoms with van der Waals surface area (Å²) in [6.45, 7) is 8.77. The second-order valence-electron chi connectivity index (χ2n) is 8.85. The van der Waals surface area contributed by atoms with Gasteiger partial charge in [0, 0.05) is 18.6 Å². The molecule has 0 bridgehead atoms. The van der Waals surface area contributed by atoms with E-state index in [9.17, 15) is 0 Å². The van der Waals surface area contributed by atoms with Crippen LogP contribution in [0.25, 0.3) is 27.1 Å². The monoisotopic (exact) mass is 428 g/mol. The molecule has 0 aliphatic rings. The summed E-state index contributed by atoms with van der Waals surface area (Å²) < 4.78 is 1.92. The number of aromatic nitrogens is 5. The maximum absolute atomic E-state index is 4.77. The molecule has 31 heavy (non-hydrogen) atoms. The van der Waals surface area contributed by atoms with Gasteiger partial charge in [0.05, 0.1) is 10.4 Å². The number of anilines is 2. The van der Waals surface area contributed by atoms with Gasteiger partial charge in [0.15, 0.2) is 5.13 Å². The first-order valence-corrected chi connectivity index (χ1v) is 11.0. The summed E-state index contributed by atoms with van der Waals surface area (Å²) in [5, 5.41) is 10.1. The maximum atomic E-state index is 4.77. The van der Waals surface area contributed by atoms with Gasteiger partial charge in [-0.2, -0.15) is 4.98 Å². The Morgan fingerprint density at radius 2 is 1.81 bits per heavy atom. The summed E-state index contributed by atoms with van der Waals surface area (Å²) in [4.78, 5) is 12.6. The van der Waals surface area contributed by atoms with Gasteiger partial charge in [-0.3, -0.25) is 4.40 Å². The summed E-state index contributed by atoms with van der Waals surface area (Å²) in [6.07, 6.45) is 3.64. The number of thiazole rings is 1. The Kier molecular flexibility index (Phi) is 4.51. The van der Waals surface area contributed by atoms with Crippen LogP contribution in [0.5, 0.6) is 0 Å². The SMILES string of the molecule is Cc1ccc2c(N(C)c3ncc(-c4ccc(C(C)(C)C)cc4)s3)nc3nncn3c2c1. The van der Waals surface area contributed by atoms with Gasteiger partial charge < -0.3 is 4.90 Å². The first-order valence-electron chi connectivity index (χ1n) is 10.2. The number of rotatable bonds is 3. The van der Waals surface area contributed by atoms with Crippen LogP contribution < -0.4 is 4.90 Å². The third-order valence-corrected chi connectivity index (χ3v) is 6.65. The predicted molar refractivity (Wildman–Crippen MR) is 127 cm³/mol. The molecular formula is C24H24N6S. The Morgan fingerprint density at radius 3 is 2.55 bits per heavy atom. The minimum absolute atomic E-state index is 0.142. The average molecular weight is 429 g/mol. The highest BCUT2D eigenvalue weighted by molar-refractivity contribution is 7.19. The van der Waals surface area contributed by atoms with Crippen LogP contribution in [0.1, 0.15) is 31.9 Å². The summed E-state index contributed by atoms with van der Waals surface area (Å²) in [6, 6.07) is 15.1. The molecule has 7 heteroatoms. The van der Waals surface area contributed by atoms with Crippen molar-refractivity contribution in [1.29, 1.82) is 0 Å². The number of nitrogens with zero attached hydrogens (tertiary/aromatic N) is 6. The number of hydrogen-bond acceptors (Lipinski definition) is 6. The van der Waals surface area contributed by atoms with Gasteiger partial charge in [0.2, 0.25) is 0 Å². The molecule has 0 N–H and O–H groups in total. The lowest BCUT2D eigenvalue weighted by Gasteiger charge is -2.19. The lowest BCUT2D eigenvalue weighted by molar-refractivity contribution is 0.590. The van der Waals surface area contributed by atoms with E-state index >= 15 is 0 Å². The molecule has 0 aliphatic heterocycles.